The largest absolute Gasteiger partial charge is 0.355 e. The molecule has 2 amide bonds. The number of aryl methyl sites for hydroxylation is 2. The zero-order chi connectivity index (χ0) is 31.7. The summed E-state index contributed by atoms with van der Waals surface area (Å²) in [5, 5.41) is 9.03. The van der Waals surface area contributed by atoms with Crippen molar-refractivity contribution in [2.75, 3.05) is 19.4 Å². The summed E-state index contributed by atoms with van der Waals surface area (Å²) in [5.74, 6) is 0.133. The molecular weight excluding hydrogens is 561 g/mol. The van der Waals surface area contributed by atoms with Gasteiger partial charge in [-0.15, -0.1) is 0 Å². The van der Waals surface area contributed by atoms with Crippen molar-refractivity contribution in [1.29, 1.82) is 0 Å². The Morgan fingerprint density at radius 3 is 2.50 bits per heavy atom. The van der Waals surface area contributed by atoms with Crippen LogP contribution in [0.3, 0.4) is 0 Å². The smallest absolute Gasteiger partial charge is 0.275 e. The summed E-state index contributed by atoms with van der Waals surface area (Å²) < 4.78 is 17.4. The predicted octanol–water partition coefficient (Wildman–Crippen LogP) is 4.27. The average Bonchev–Trinajstić information content (AvgIpc) is 3.33. The van der Waals surface area contributed by atoms with Gasteiger partial charge in [0.15, 0.2) is 0 Å². The van der Waals surface area contributed by atoms with E-state index in [-0.39, 0.29) is 29.9 Å². The maximum absolute atomic E-state index is 14.0. The zero-order valence-corrected chi connectivity index (χ0v) is 25.4. The highest BCUT2D eigenvalue weighted by Crippen LogP contribution is 2.28. The van der Waals surface area contributed by atoms with E-state index in [4.69, 9.17) is 0 Å². The van der Waals surface area contributed by atoms with Crippen molar-refractivity contribution in [2.24, 2.45) is 0 Å². The molecular formula is C33H34FN7O3. The fourth-order valence-corrected chi connectivity index (χ4v) is 5.27. The Morgan fingerprint density at radius 1 is 1.00 bits per heavy atom. The van der Waals surface area contributed by atoms with Crippen molar-refractivity contribution in [3.63, 3.8) is 0 Å². The molecule has 5 aromatic rings. The molecule has 0 bridgehead atoms. The van der Waals surface area contributed by atoms with Crippen LogP contribution in [-0.4, -0.2) is 51.1 Å². The van der Waals surface area contributed by atoms with Crippen LogP contribution in [0.5, 0.6) is 0 Å². The molecule has 5 rings (SSSR count). The quantitative estimate of drug-likeness (QED) is 0.246. The van der Waals surface area contributed by atoms with Gasteiger partial charge in [0.2, 0.25) is 5.91 Å². The molecule has 0 radical (unpaired) electrons. The monoisotopic (exact) mass is 595 g/mol. The van der Waals surface area contributed by atoms with Crippen LogP contribution in [0.2, 0.25) is 0 Å². The van der Waals surface area contributed by atoms with Crippen LogP contribution in [0.1, 0.15) is 39.9 Å². The number of aromatic nitrogens is 4. The molecule has 0 fully saturated rings. The summed E-state index contributed by atoms with van der Waals surface area (Å²) in [5.41, 5.74) is 4.32. The van der Waals surface area contributed by atoms with Crippen LogP contribution < -0.4 is 21.5 Å². The first-order valence-corrected chi connectivity index (χ1v) is 14.2. The molecule has 3 N–H and O–H groups in total. The Kier molecular flexibility index (Phi) is 8.41. The van der Waals surface area contributed by atoms with E-state index in [1.165, 1.54) is 16.7 Å². The highest BCUT2D eigenvalue weighted by Gasteiger charge is 2.20. The van der Waals surface area contributed by atoms with E-state index < -0.39 is 11.6 Å². The van der Waals surface area contributed by atoms with E-state index in [1.54, 1.807) is 64.3 Å². The van der Waals surface area contributed by atoms with Crippen molar-refractivity contribution in [3.8, 4) is 17.1 Å². The van der Waals surface area contributed by atoms with E-state index in [1.807, 2.05) is 30.7 Å². The van der Waals surface area contributed by atoms with E-state index in [2.05, 4.69) is 25.9 Å². The lowest BCUT2D eigenvalue weighted by atomic mass is 9.98. The second-order valence-corrected chi connectivity index (χ2v) is 10.7. The normalized spacial score (nSPS) is 11.9. The van der Waals surface area contributed by atoms with Gasteiger partial charge in [-0.05, 0) is 82.3 Å². The summed E-state index contributed by atoms with van der Waals surface area (Å²) >= 11 is 0. The Hall–Kier alpha value is -5.16. The number of nitrogens with zero attached hydrogens (tertiary/aromatic N) is 4. The number of benzene rings is 2. The van der Waals surface area contributed by atoms with Crippen LogP contribution in [-0.2, 0) is 11.3 Å². The van der Waals surface area contributed by atoms with Gasteiger partial charge in [-0.3, -0.25) is 14.4 Å². The fourth-order valence-electron chi connectivity index (χ4n) is 5.27. The standard InChI is InChI=1S/C33H34FN7O3/c1-18-16-40(29-12-10-22(34)14-26(18)29)30-15-23(37-21(4)38-30)17-41-28(24-8-7-9-25(19(24)2)32(43)36-6)13-11-27(33(41)44)39-31(42)20(3)35-5/h7-16,20,35H,17H2,1-6H3,(H,36,43)(H,39,42). The summed E-state index contributed by atoms with van der Waals surface area (Å²) in [4.78, 5) is 48.6. The number of nitrogens with one attached hydrogen (secondary N) is 3. The first kappa shape index (κ1) is 30.3. The molecule has 226 valence electrons. The van der Waals surface area contributed by atoms with Gasteiger partial charge in [0.25, 0.3) is 11.5 Å². The van der Waals surface area contributed by atoms with Crippen LogP contribution in [0.4, 0.5) is 10.1 Å². The van der Waals surface area contributed by atoms with Crippen LogP contribution in [0.25, 0.3) is 28.0 Å². The number of carbonyl (C=O) groups is 2. The molecule has 0 aliphatic rings. The minimum atomic E-state index is -0.519. The van der Waals surface area contributed by atoms with E-state index in [9.17, 15) is 18.8 Å². The predicted molar refractivity (Wildman–Crippen MR) is 169 cm³/mol. The highest BCUT2D eigenvalue weighted by molar-refractivity contribution is 5.97. The molecule has 44 heavy (non-hydrogen) atoms. The second-order valence-electron chi connectivity index (χ2n) is 10.7. The molecule has 1 unspecified atom stereocenters. The maximum Gasteiger partial charge on any atom is 0.275 e. The van der Waals surface area contributed by atoms with Crippen LogP contribution in [0.15, 0.2) is 65.6 Å². The molecule has 3 heterocycles. The first-order valence-electron chi connectivity index (χ1n) is 14.2. The van der Waals surface area contributed by atoms with E-state index >= 15 is 0 Å². The second kappa shape index (κ2) is 12.2. The third-order valence-corrected chi connectivity index (χ3v) is 7.75. The SMILES string of the molecule is CNC(=O)c1cccc(-c2ccc(NC(=O)C(C)NC)c(=O)n2Cc2cc(-n3cc(C)c4cc(F)ccc43)nc(C)n2)c1C. The minimum absolute atomic E-state index is 0.0479. The number of likely N-dealkylation sites (N-methyl/N-ethyl adjacent to an activating group) is 1. The lowest BCUT2D eigenvalue weighted by Crippen LogP contribution is -2.37. The Morgan fingerprint density at radius 2 is 1.77 bits per heavy atom. The lowest BCUT2D eigenvalue weighted by Gasteiger charge is -2.19. The number of carbonyl (C=O) groups excluding carboxylic acids is 2. The summed E-state index contributed by atoms with van der Waals surface area (Å²) in [6.45, 7) is 7.24. The number of hydrogen-bond donors (Lipinski definition) is 3. The topological polar surface area (TPSA) is 123 Å². The third kappa shape index (κ3) is 5.73. The molecule has 0 spiro atoms. The van der Waals surface area contributed by atoms with Crippen molar-refractivity contribution in [1.82, 2.24) is 29.7 Å². The van der Waals surface area contributed by atoms with E-state index in [0.29, 0.717) is 39.7 Å². The molecule has 1 atom stereocenters. The van der Waals surface area contributed by atoms with Gasteiger partial charge in [0, 0.05) is 35.8 Å². The first-order chi connectivity index (χ1) is 21.0. The number of rotatable bonds is 8. The van der Waals surface area contributed by atoms with Gasteiger partial charge in [-0.1, -0.05) is 12.1 Å². The van der Waals surface area contributed by atoms with Crippen molar-refractivity contribution in [2.45, 2.75) is 40.3 Å². The minimum Gasteiger partial charge on any atom is -0.355 e. The van der Waals surface area contributed by atoms with Gasteiger partial charge >= 0.3 is 0 Å². The molecule has 11 heteroatoms. The number of hydrogen-bond acceptors (Lipinski definition) is 6. The number of amides is 2. The molecule has 3 aromatic heterocycles. The van der Waals surface area contributed by atoms with Crippen molar-refractivity contribution < 1.29 is 14.0 Å². The average molecular weight is 596 g/mol. The number of anilines is 1. The highest BCUT2D eigenvalue weighted by atomic mass is 19.1. The number of pyridine rings is 1. The summed E-state index contributed by atoms with van der Waals surface area (Å²) in [6, 6.07) is 14.5. The van der Waals surface area contributed by atoms with Gasteiger partial charge in [0.1, 0.15) is 23.1 Å². The maximum atomic E-state index is 14.0. The molecule has 0 saturated heterocycles. The Bertz CT molecular complexity index is 1980. The molecule has 0 saturated carbocycles. The van der Waals surface area contributed by atoms with Gasteiger partial charge in [0.05, 0.1) is 29.5 Å². The van der Waals surface area contributed by atoms with Crippen molar-refractivity contribution in [3.05, 3.63) is 105 Å². The fraction of sp³-hybridized carbons (Fsp3) is 0.242. The number of halogens is 1. The van der Waals surface area contributed by atoms with Gasteiger partial charge in [-0.2, -0.15) is 0 Å². The molecule has 0 aliphatic heterocycles. The number of fused-ring (bicyclic) bond motifs is 1. The van der Waals surface area contributed by atoms with Crippen LogP contribution in [0, 0.1) is 26.6 Å². The lowest BCUT2D eigenvalue weighted by molar-refractivity contribution is -0.117. The Balaban J connectivity index is 1.66. The third-order valence-electron chi connectivity index (χ3n) is 7.75. The van der Waals surface area contributed by atoms with E-state index in [0.717, 1.165) is 16.5 Å². The van der Waals surface area contributed by atoms with Gasteiger partial charge in [-0.25, -0.2) is 14.4 Å². The molecule has 2 aromatic carbocycles. The molecule has 10 nitrogen and oxygen atoms in total. The van der Waals surface area contributed by atoms with Gasteiger partial charge < -0.3 is 25.1 Å². The van der Waals surface area contributed by atoms with Crippen LogP contribution >= 0.6 is 0 Å². The summed E-state index contributed by atoms with van der Waals surface area (Å²) in [6.07, 6.45) is 1.89. The summed E-state index contributed by atoms with van der Waals surface area (Å²) in [7, 11) is 3.23. The Labute approximate surface area is 254 Å². The van der Waals surface area contributed by atoms with Crippen molar-refractivity contribution >= 4 is 28.4 Å². The zero-order valence-electron chi connectivity index (χ0n) is 25.4. The molecule has 0 aliphatic carbocycles.